The number of aromatic nitrogens is 2. The minimum Gasteiger partial charge on any atom is -0.506 e. The van der Waals surface area contributed by atoms with Crippen LogP contribution in [0.5, 0.6) is 17.4 Å². The monoisotopic (exact) mass is 456 g/mol. The summed E-state index contributed by atoms with van der Waals surface area (Å²) >= 11 is 0. The van der Waals surface area contributed by atoms with Crippen LogP contribution < -0.4 is 10.1 Å². The number of para-hydroxylation sites is 2. The van der Waals surface area contributed by atoms with Gasteiger partial charge in [-0.05, 0) is 44.0 Å². The molecule has 34 heavy (non-hydrogen) atoms. The summed E-state index contributed by atoms with van der Waals surface area (Å²) in [5.41, 5.74) is 4.26. The van der Waals surface area contributed by atoms with Crippen molar-refractivity contribution in [2.45, 2.75) is 26.8 Å². The molecule has 0 radical (unpaired) electrons. The van der Waals surface area contributed by atoms with Gasteiger partial charge in [0.25, 0.3) is 5.91 Å². The maximum atomic E-state index is 14.0. The zero-order chi connectivity index (χ0) is 23.8. The quantitative estimate of drug-likeness (QED) is 0.470. The molecular weight excluding hydrogens is 428 g/mol. The normalized spacial score (nSPS) is 16.1. The van der Waals surface area contributed by atoms with Crippen LogP contribution in [-0.2, 0) is 0 Å². The van der Waals surface area contributed by atoms with E-state index in [9.17, 15) is 9.90 Å². The van der Waals surface area contributed by atoms with Crippen molar-refractivity contribution in [3.8, 4) is 23.1 Å². The van der Waals surface area contributed by atoms with E-state index in [1.165, 1.54) is 6.20 Å². The number of rotatable bonds is 4. The highest BCUT2D eigenvalue weighted by Gasteiger charge is 2.32. The lowest BCUT2D eigenvalue weighted by Gasteiger charge is -2.32. The first-order valence-electron chi connectivity index (χ1n) is 11.5. The molecule has 1 aliphatic rings. The highest BCUT2D eigenvalue weighted by molar-refractivity contribution is 6.09. The van der Waals surface area contributed by atoms with E-state index in [0.717, 1.165) is 23.4 Å². The van der Waals surface area contributed by atoms with Crippen molar-refractivity contribution in [2.24, 2.45) is 0 Å². The smallest absolute Gasteiger partial charge is 0.261 e. The van der Waals surface area contributed by atoms with Crippen LogP contribution in [0.1, 0.15) is 28.4 Å². The van der Waals surface area contributed by atoms with Gasteiger partial charge in [0, 0.05) is 37.4 Å². The number of aromatic hydroxyl groups is 1. The molecule has 4 aromatic rings. The van der Waals surface area contributed by atoms with Gasteiger partial charge in [-0.1, -0.05) is 36.4 Å². The molecular formula is C27H28N4O3. The lowest BCUT2D eigenvalue weighted by atomic mass is 10.1. The molecule has 0 spiro atoms. The van der Waals surface area contributed by atoms with Crippen LogP contribution in [0.4, 0.5) is 0 Å². The Morgan fingerprint density at radius 1 is 1.12 bits per heavy atom. The molecule has 1 amide bonds. The van der Waals surface area contributed by atoms with E-state index in [4.69, 9.17) is 4.74 Å². The third-order valence-electron chi connectivity index (χ3n) is 6.24. The van der Waals surface area contributed by atoms with Crippen molar-refractivity contribution in [3.05, 3.63) is 77.5 Å². The first-order chi connectivity index (χ1) is 16.4. The van der Waals surface area contributed by atoms with Crippen molar-refractivity contribution in [1.29, 1.82) is 0 Å². The Morgan fingerprint density at radius 3 is 2.56 bits per heavy atom. The molecule has 5 rings (SSSR count). The van der Waals surface area contributed by atoms with Gasteiger partial charge in [-0.3, -0.25) is 9.36 Å². The SMILES string of the molecule is Cc1cccc(C)c1Oc1c(C(=O)N2CCNC(C)C2)c2ncc(O)cc2n1-c1ccccc1. The van der Waals surface area contributed by atoms with E-state index < -0.39 is 0 Å². The molecule has 2 aromatic heterocycles. The number of nitrogens with one attached hydrogen (secondary N) is 1. The summed E-state index contributed by atoms with van der Waals surface area (Å²) in [6.45, 7) is 7.96. The minimum atomic E-state index is -0.132. The van der Waals surface area contributed by atoms with Crippen molar-refractivity contribution in [2.75, 3.05) is 19.6 Å². The number of piperazine rings is 1. The second-order valence-corrected chi connectivity index (χ2v) is 8.84. The largest absolute Gasteiger partial charge is 0.506 e. The first-order valence-corrected chi connectivity index (χ1v) is 11.5. The lowest BCUT2D eigenvalue weighted by Crippen LogP contribution is -2.51. The average Bonchev–Trinajstić information content (AvgIpc) is 3.14. The fraction of sp³-hybridized carbons (Fsp3) is 0.259. The van der Waals surface area contributed by atoms with E-state index in [-0.39, 0.29) is 17.7 Å². The zero-order valence-electron chi connectivity index (χ0n) is 19.6. The Labute approximate surface area is 198 Å². The number of fused-ring (bicyclic) bond motifs is 1. The third-order valence-corrected chi connectivity index (χ3v) is 6.24. The van der Waals surface area contributed by atoms with Crippen molar-refractivity contribution in [3.63, 3.8) is 0 Å². The fourth-order valence-corrected chi connectivity index (χ4v) is 4.58. The number of amides is 1. The Morgan fingerprint density at radius 2 is 1.85 bits per heavy atom. The topological polar surface area (TPSA) is 79.6 Å². The Bertz CT molecular complexity index is 1340. The molecule has 1 saturated heterocycles. The van der Waals surface area contributed by atoms with Gasteiger partial charge in [-0.2, -0.15) is 0 Å². The predicted molar refractivity (Wildman–Crippen MR) is 132 cm³/mol. The van der Waals surface area contributed by atoms with E-state index in [1.807, 2.05) is 71.8 Å². The molecule has 1 atom stereocenters. The number of nitrogens with zero attached hydrogens (tertiary/aromatic N) is 3. The minimum absolute atomic E-state index is 0.0237. The second-order valence-electron chi connectivity index (χ2n) is 8.84. The molecule has 174 valence electrons. The summed E-state index contributed by atoms with van der Waals surface area (Å²) in [7, 11) is 0. The van der Waals surface area contributed by atoms with Gasteiger partial charge in [0.1, 0.15) is 22.6 Å². The number of pyridine rings is 1. The number of hydrogen-bond donors (Lipinski definition) is 2. The maximum Gasteiger partial charge on any atom is 0.261 e. The third kappa shape index (κ3) is 3.88. The van der Waals surface area contributed by atoms with E-state index in [1.54, 1.807) is 6.07 Å². The molecule has 1 fully saturated rings. The molecule has 0 aliphatic carbocycles. The van der Waals surface area contributed by atoms with Crippen molar-refractivity contribution < 1.29 is 14.6 Å². The molecule has 3 heterocycles. The number of hydrogen-bond acceptors (Lipinski definition) is 5. The molecule has 2 aromatic carbocycles. The summed E-state index contributed by atoms with van der Waals surface area (Å²) in [4.78, 5) is 20.3. The lowest BCUT2D eigenvalue weighted by molar-refractivity contribution is 0.0708. The summed E-state index contributed by atoms with van der Waals surface area (Å²) in [6.07, 6.45) is 1.37. The summed E-state index contributed by atoms with van der Waals surface area (Å²) in [6, 6.07) is 17.5. The Kier molecular flexibility index (Phi) is 5.71. The Hall–Kier alpha value is -3.84. The Balaban J connectivity index is 1.79. The number of benzene rings is 2. The highest BCUT2D eigenvalue weighted by atomic mass is 16.5. The second kappa shape index (κ2) is 8.83. The van der Waals surface area contributed by atoms with E-state index in [0.29, 0.717) is 41.3 Å². The number of carbonyl (C=O) groups excluding carboxylic acids is 1. The molecule has 1 unspecified atom stereocenters. The van der Waals surface area contributed by atoms with Gasteiger partial charge in [0.15, 0.2) is 0 Å². The number of ether oxygens (including phenoxy) is 1. The van der Waals surface area contributed by atoms with Crippen LogP contribution in [0.2, 0.25) is 0 Å². The van der Waals surface area contributed by atoms with Crippen LogP contribution >= 0.6 is 0 Å². The van der Waals surface area contributed by atoms with Crippen LogP contribution in [0.15, 0.2) is 60.8 Å². The molecule has 7 nitrogen and oxygen atoms in total. The first kappa shape index (κ1) is 22.0. The molecule has 2 N–H and O–H groups in total. The summed E-state index contributed by atoms with van der Waals surface area (Å²) in [5.74, 6) is 0.991. The van der Waals surface area contributed by atoms with Gasteiger partial charge in [0.2, 0.25) is 5.88 Å². The standard InChI is InChI=1S/C27H28N4O3/c1-17-8-7-9-18(2)25(17)34-27-23(26(33)30-13-12-28-19(3)16-30)24-22(14-21(32)15-29-24)31(27)20-10-5-4-6-11-20/h4-11,14-15,19,28,32H,12-13,16H2,1-3H3. The van der Waals surface area contributed by atoms with Crippen LogP contribution in [0.25, 0.3) is 16.7 Å². The average molecular weight is 457 g/mol. The van der Waals surface area contributed by atoms with Crippen molar-refractivity contribution in [1.82, 2.24) is 19.8 Å². The highest BCUT2D eigenvalue weighted by Crippen LogP contribution is 2.40. The summed E-state index contributed by atoms with van der Waals surface area (Å²) < 4.78 is 8.47. The van der Waals surface area contributed by atoms with Gasteiger partial charge < -0.3 is 20.1 Å². The number of carbonyl (C=O) groups is 1. The van der Waals surface area contributed by atoms with E-state index >= 15 is 0 Å². The van der Waals surface area contributed by atoms with Crippen LogP contribution in [-0.4, -0.2) is 51.1 Å². The zero-order valence-corrected chi connectivity index (χ0v) is 19.6. The van der Waals surface area contributed by atoms with Gasteiger partial charge in [0.05, 0.1) is 11.7 Å². The van der Waals surface area contributed by atoms with Crippen molar-refractivity contribution >= 4 is 16.9 Å². The number of aryl methyl sites for hydroxylation is 2. The predicted octanol–water partition coefficient (Wildman–Crippen LogP) is 4.57. The molecule has 0 bridgehead atoms. The summed E-state index contributed by atoms with van der Waals surface area (Å²) in [5, 5.41) is 13.7. The molecule has 0 saturated carbocycles. The maximum absolute atomic E-state index is 14.0. The van der Waals surface area contributed by atoms with E-state index in [2.05, 4.69) is 17.2 Å². The fourth-order valence-electron chi connectivity index (χ4n) is 4.58. The van der Waals surface area contributed by atoms with Gasteiger partial charge in [-0.15, -0.1) is 0 Å². The molecule has 7 heteroatoms. The molecule has 1 aliphatic heterocycles. The van der Waals surface area contributed by atoms with Gasteiger partial charge in [-0.25, -0.2) is 4.98 Å². The van der Waals surface area contributed by atoms with Gasteiger partial charge >= 0.3 is 0 Å². The van der Waals surface area contributed by atoms with Crippen LogP contribution in [0, 0.1) is 13.8 Å². The van der Waals surface area contributed by atoms with Crippen LogP contribution in [0.3, 0.4) is 0 Å².